The van der Waals surface area contributed by atoms with Gasteiger partial charge < -0.3 is 24.4 Å². The van der Waals surface area contributed by atoms with Crippen molar-refractivity contribution in [3.05, 3.63) is 53.9 Å². The largest absolute Gasteiger partial charge is 0.507 e. The molecule has 0 saturated carbocycles. The van der Waals surface area contributed by atoms with Crippen molar-refractivity contribution in [3.63, 3.8) is 0 Å². The first kappa shape index (κ1) is 21.5. The van der Waals surface area contributed by atoms with E-state index in [0.717, 1.165) is 55.2 Å². The van der Waals surface area contributed by atoms with E-state index in [1.165, 1.54) is 5.69 Å². The predicted molar refractivity (Wildman–Crippen MR) is 128 cm³/mol. The maximum absolute atomic E-state index is 10.1. The number of aromatic nitrogens is 4. The molecule has 8 heteroatoms. The van der Waals surface area contributed by atoms with E-state index in [2.05, 4.69) is 57.1 Å². The summed E-state index contributed by atoms with van der Waals surface area (Å²) < 4.78 is 5.46. The van der Waals surface area contributed by atoms with Crippen LogP contribution < -0.4 is 4.90 Å². The monoisotopic (exact) mass is 446 g/mol. The molecule has 5 rings (SSSR count). The molecule has 0 unspecified atom stereocenters. The van der Waals surface area contributed by atoms with E-state index in [-0.39, 0.29) is 5.75 Å². The summed E-state index contributed by atoms with van der Waals surface area (Å²) in [7, 11) is 2.06. The quantitative estimate of drug-likeness (QED) is 0.422. The lowest BCUT2D eigenvalue weighted by molar-refractivity contribution is 0.150. The third kappa shape index (κ3) is 4.57. The molecule has 8 nitrogen and oxygen atoms in total. The fraction of sp³-hybridized carbons (Fsp3) is 0.400. The average molecular weight is 447 g/mol. The van der Waals surface area contributed by atoms with Crippen LogP contribution in [0, 0.1) is 5.92 Å². The van der Waals surface area contributed by atoms with Crippen LogP contribution in [0.25, 0.3) is 22.3 Å². The fourth-order valence-electron chi connectivity index (χ4n) is 4.32. The number of phenols is 1. The SMILES string of the molecule is CC(C)Cc1cc(N(C)CCN2CC(c3cc4nnc(-c5ccccc5O)cc4[nH]3)C2)no1. The number of anilines is 1. The minimum Gasteiger partial charge on any atom is -0.507 e. The van der Waals surface area contributed by atoms with Gasteiger partial charge in [0.25, 0.3) is 0 Å². The van der Waals surface area contributed by atoms with Crippen LogP contribution >= 0.6 is 0 Å². The molecule has 3 aromatic heterocycles. The summed E-state index contributed by atoms with van der Waals surface area (Å²) in [5.74, 6) is 3.07. The molecule has 1 aromatic carbocycles. The van der Waals surface area contributed by atoms with Gasteiger partial charge in [-0.1, -0.05) is 31.1 Å². The first-order valence-electron chi connectivity index (χ1n) is 11.5. The number of benzene rings is 1. The molecule has 0 spiro atoms. The molecule has 1 aliphatic heterocycles. The Bertz CT molecular complexity index is 1240. The lowest BCUT2D eigenvalue weighted by atomic mass is 9.96. The van der Waals surface area contributed by atoms with Crippen LogP contribution in [0.15, 0.2) is 47.0 Å². The molecular formula is C25H30N6O2. The number of likely N-dealkylation sites (N-methyl/N-ethyl adjacent to an activating group) is 1. The number of nitrogens with one attached hydrogen (secondary N) is 1. The molecule has 1 aliphatic rings. The molecule has 33 heavy (non-hydrogen) atoms. The number of aromatic hydroxyl groups is 1. The van der Waals surface area contributed by atoms with E-state index in [0.29, 0.717) is 23.1 Å². The highest BCUT2D eigenvalue weighted by atomic mass is 16.5. The Labute approximate surface area is 193 Å². The summed E-state index contributed by atoms with van der Waals surface area (Å²) >= 11 is 0. The van der Waals surface area contributed by atoms with E-state index < -0.39 is 0 Å². The van der Waals surface area contributed by atoms with Gasteiger partial charge in [0.05, 0.1) is 11.2 Å². The Morgan fingerprint density at radius 3 is 2.79 bits per heavy atom. The number of H-pyrrole nitrogens is 1. The number of nitrogens with zero attached hydrogens (tertiary/aromatic N) is 5. The third-order valence-electron chi connectivity index (χ3n) is 6.27. The molecule has 0 atom stereocenters. The van der Waals surface area contributed by atoms with E-state index >= 15 is 0 Å². The Balaban J connectivity index is 1.17. The van der Waals surface area contributed by atoms with Crippen LogP contribution in [0.2, 0.25) is 0 Å². The standard InChI is InChI=1S/C25H30N6O2/c1-16(2)10-18-11-25(29-33-18)30(3)8-9-31-14-17(15-31)20-12-23-22(26-20)13-21(27-28-23)19-6-4-5-7-24(19)32/h4-7,11-13,16-17,26,32H,8-10,14-15H2,1-3H3. The fourth-order valence-corrected chi connectivity index (χ4v) is 4.32. The lowest BCUT2D eigenvalue weighted by Gasteiger charge is -2.39. The molecule has 0 radical (unpaired) electrons. The van der Waals surface area contributed by atoms with Crippen molar-refractivity contribution < 1.29 is 9.63 Å². The molecule has 1 fully saturated rings. The smallest absolute Gasteiger partial charge is 0.172 e. The van der Waals surface area contributed by atoms with Gasteiger partial charge in [-0.15, -0.1) is 10.2 Å². The minimum atomic E-state index is 0.208. The van der Waals surface area contributed by atoms with E-state index in [1.54, 1.807) is 12.1 Å². The molecule has 0 bridgehead atoms. The van der Waals surface area contributed by atoms with Crippen molar-refractivity contribution in [2.45, 2.75) is 26.2 Å². The number of hydrogen-bond donors (Lipinski definition) is 2. The van der Waals surface area contributed by atoms with E-state index in [4.69, 9.17) is 4.52 Å². The second-order valence-corrected chi connectivity index (χ2v) is 9.40. The van der Waals surface area contributed by atoms with Gasteiger partial charge in [0.15, 0.2) is 5.82 Å². The van der Waals surface area contributed by atoms with Crippen molar-refractivity contribution in [1.82, 2.24) is 25.2 Å². The van der Waals surface area contributed by atoms with Gasteiger partial charge in [-0.2, -0.15) is 0 Å². The molecule has 4 aromatic rings. The number of phenolic OH excluding ortho intramolecular Hbond substituents is 1. The summed E-state index contributed by atoms with van der Waals surface area (Å²) in [6, 6.07) is 13.3. The van der Waals surface area contributed by atoms with Crippen LogP contribution in [0.1, 0.15) is 31.2 Å². The van der Waals surface area contributed by atoms with Gasteiger partial charge in [-0.25, -0.2) is 0 Å². The maximum atomic E-state index is 10.1. The predicted octanol–water partition coefficient (Wildman–Crippen LogP) is 4.05. The van der Waals surface area contributed by atoms with Gasteiger partial charge in [0.1, 0.15) is 17.0 Å². The molecule has 2 N–H and O–H groups in total. The van der Waals surface area contributed by atoms with Crippen LogP contribution in [0.5, 0.6) is 5.75 Å². The van der Waals surface area contributed by atoms with Crippen molar-refractivity contribution >= 4 is 16.9 Å². The Morgan fingerprint density at radius 1 is 1.18 bits per heavy atom. The van der Waals surface area contributed by atoms with Crippen molar-refractivity contribution in [2.75, 3.05) is 38.1 Å². The van der Waals surface area contributed by atoms with E-state index in [9.17, 15) is 5.11 Å². The van der Waals surface area contributed by atoms with Crippen molar-refractivity contribution in [3.8, 4) is 17.0 Å². The Hall–Kier alpha value is -3.39. The van der Waals surface area contributed by atoms with Crippen LogP contribution in [0.3, 0.4) is 0 Å². The molecule has 0 amide bonds. The number of likely N-dealkylation sites (tertiary alicyclic amines) is 1. The number of aromatic amines is 1. The zero-order valence-electron chi connectivity index (χ0n) is 19.3. The maximum Gasteiger partial charge on any atom is 0.172 e. The van der Waals surface area contributed by atoms with E-state index in [1.807, 2.05) is 24.3 Å². The van der Waals surface area contributed by atoms with Crippen LogP contribution in [0.4, 0.5) is 5.82 Å². The van der Waals surface area contributed by atoms with Crippen LogP contribution in [-0.4, -0.2) is 63.6 Å². The first-order chi connectivity index (χ1) is 16.0. The van der Waals surface area contributed by atoms with Gasteiger partial charge in [0.2, 0.25) is 0 Å². The highest BCUT2D eigenvalue weighted by Gasteiger charge is 2.29. The normalized spacial score (nSPS) is 14.8. The van der Waals surface area contributed by atoms with Gasteiger partial charge in [-0.05, 0) is 30.2 Å². The zero-order valence-corrected chi connectivity index (χ0v) is 19.3. The lowest BCUT2D eigenvalue weighted by Crippen LogP contribution is -2.47. The third-order valence-corrected chi connectivity index (χ3v) is 6.27. The van der Waals surface area contributed by atoms with Gasteiger partial charge >= 0.3 is 0 Å². The molecular weight excluding hydrogens is 416 g/mol. The molecule has 172 valence electrons. The highest BCUT2D eigenvalue weighted by Crippen LogP contribution is 2.31. The first-order valence-corrected chi connectivity index (χ1v) is 11.5. The summed E-state index contributed by atoms with van der Waals surface area (Å²) in [5, 5.41) is 23.0. The van der Waals surface area contributed by atoms with Gasteiger partial charge in [-0.3, -0.25) is 0 Å². The Morgan fingerprint density at radius 2 is 2.00 bits per heavy atom. The summed E-state index contributed by atoms with van der Waals surface area (Å²) in [6.07, 6.45) is 0.914. The number of para-hydroxylation sites is 1. The number of fused-ring (bicyclic) bond motifs is 1. The van der Waals surface area contributed by atoms with Crippen molar-refractivity contribution in [2.24, 2.45) is 5.92 Å². The number of hydrogen-bond acceptors (Lipinski definition) is 7. The summed E-state index contributed by atoms with van der Waals surface area (Å²) in [4.78, 5) is 8.11. The Kier molecular flexibility index (Phi) is 5.76. The summed E-state index contributed by atoms with van der Waals surface area (Å²) in [6.45, 7) is 8.27. The van der Waals surface area contributed by atoms with Gasteiger partial charge in [0, 0.05) is 62.9 Å². The van der Waals surface area contributed by atoms with Crippen molar-refractivity contribution in [1.29, 1.82) is 0 Å². The topological polar surface area (TPSA) is 94.3 Å². The highest BCUT2D eigenvalue weighted by molar-refractivity contribution is 5.81. The molecule has 0 aliphatic carbocycles. The number of rotatable bonds is 8. The van der Waals surface area contributed by atoms with Crippen LogP contribution in [-0.2, 0) is 6.42 Å². The summed E-state index contributed by atoms with van der Waals surface area (Å²) in [5.41, 5.74) is 4.33. The molecule has 4 heterocycles. The zero-order chi connectivity index (χ0) is 22.9. The minimum absolute atomic E-state index is 0.208. The second kappa shape index (κ2) is 8.86. The second-order valence-electron chi connectivity index (χ2n) is 9.40. The average Bonchev–Trinajstić information content (AvgIpc) is 3.38. The molecule has 1 saturated heterocycles.